The van der Waals surface area contributed by atoms with Crippen molar-refractivity contribution in [2.75, 3.05) is 72.2 Å². The molecular formula is C70H87N8O13P. The summed E-state index contributed by atoms with van der Waals surface area (Å²) in [5.41, 5.74) is 12.0. The van der Waals surface area contributed by atoms with E-state index < -0.39 is 62.3 Å². The monoisotopic (exact) mass is 1280 g/mol. The zero-order chi connectivity index (χ0) is 66.0. The second-order valence-corrected chi connectivity index (χ2v) is 24.3. The number of benzene rings is 6. The van der Waals surface area contributed by atoms with Gasteiger partial charge in [0.25, 0.3) is 8.53 Å². The van der Waals surface area contributed by atoms with Gasteiger partial charge in [-0.25, -0.2) is 25.6 Å². The number of nitrogens with two attached hydrogens (primary N) is 1. The van der Waals surface area contributed by atoms with Gasteiger partial charge < -0.3 is 74.6 Å². The van der Waals surface area contributed by atoms with E-state index in [1.54, 1.807) is 52.3 Å². The molecule has 0 heterocycles. The molecule has 7 rings (SSSR count). The van der Waals surface area contributed by atoms with Crippen molar-refractivity contribution in [1.29, 1.82) is 0 Å². The average Bonchev–Trinajstić information content (AvgIpc) is 1.43. The number of primary amides is 1. The zero-order valence-electron chi connectivity index (χ0n) is 53.7. The molecule has 490 valence electrons. The van der Waals surface area contributed by atoms with Crippen molar-refractivity contribution in [2.24, 2.45) is 11.7 Å². The first-order valence-electron chi connectivity index (χ1n) is 31.0. The number of ether oxygens (including phenoxy) is 6. The van der Waals surface area contributed by atoms with E-state index in [2.05, 4.69) is 63.8 Å². The van der Waals surface area contributed by atoms with Crippen LogP contribution in [-0.4, -0.2) is 132 Å². The molecule has 0 saturated carbocycles. The Bertz CT molecular complexity index is 3250. The minimum Gasteiger partial charge on any atom is -0.497 e. The van der Waals surface area contributed by atoms with Crippen LogP contribution in [0.2, 0.25) is 0 Å². The number of hydrogen-bond acceptors (Lipinski definition) is 14. The van der Waals surface area contributed by atoms with Gasteiger partial charge in [-0.05, 0) is 134 Å². The third-order valence-corrected chi connectivity index (χ3v) is 17.5. The molecule has 1 aliphatic rings. The van der Waals surface area contributed by atoms with E-state index in [1.807, 2.05) is 127 Å². The van der Waals surface area contributed by atoms with Gasteiger partial charge in [0.15, 0.2) is 0 Å². The van der Waals surface area contributed by atoms with Crippen LogP contribution in [0.3, 0.4) is 0 Å². The topological polar surface area (TPSA) is 253 Å². The van der Waals surface area contributed by atoms with Crippen LogP contribution in [-0.2, 0) is 49.8 Å². The van der Waals surface area contributed by atoms with Gasteiger partial charge in [0, 0.05) is 43.4 Å². The van der Waals surface area contributed by atoms with Gasteiger partial charge in [-0.1, -0.05) is 129 Å². The minimum atomic E-state index is -1.71. The van der Waals surface area contributed by atoms with Crippen LogP contribution in [0.15, 0.2) is 152 Å². The van der Waals surface area contributed by atoms with Crippen LogP contribution in [0.4, 0.5) is 20.1 Å². The van der Waals surface area contributed by atoms with Gasteiger partial charge in [0.05, 0.1) is 27.4 Å². The van der Waals surface area contributed by atoms with E-state index in [9.17, 15) is 24.0 Å². The number of urea groups is 1. The van der Waals surface area contributed by atoms with Gasteiger partial charge in [-0.3, -0.25) is 9.59 Å². The molecule has 6 aromatic carbocycles. The van der Waals surface area contributed by atoms with Crippen molar-refractivity contribution in [1.82, 2.24) is 25.9 Å². The first-order chi connectivity index (χ1) is 44.4. The predicted octanol–water partition coefficient (Wildman–Crippen LogP) is 11.4. The fraction of sp³-hybridized carbons (Fsp3) is 0.400. The smallest absolute Gasteiger partial charge is 0.407 e. The number of rotatable bonds is 36. The summed E-state index contributed by atoms with van der Waals surface area (Å²) in [5.74, 6) is -0.336. The highest BCUT2D eigenvalue weighted by Gasteiger charge is 2.40. The molecule has 22 heteroatoms. The van der Waals surface area contributed by atoms with E-state index in [1.165, 1.54) is 0 Å². The number of nitrogens with zero attached hydrogens (tertiary/aromatic N) is 2. The minimum absolute atomic E-state index is 0.0376. The molecule has 1 aliphatic carbocycles. The largest absolute Gasteiger partial charge is 0.497 e. The third-order valence-electron chi connectivity index (χ3n) is 15.3. The number of carbonyl (C=O) groups excluding carboxylic acids is 5. The quantitative estimate of drug-likeness (QED) is 0.00926. The van der Waals surface area contributed by atoms with E-state index >= 15 is 0 Å². The molecule has 6 aromatic rings. The van der Waals surface area contributed by atoms with Gasteiger partial charge in [0.1, 0.15) is 55.1 Å². The van der Waals surface area contributed by atoms with Crippen molar-refractivity contribution in [3.63, 3.8) is 0 Å². The number of fused-ring (bicyclic) bond motifs is 3. The van der Waals surface area contributed by atoms with E-state index in [-0.39, 0.29) is 89.6 Å². The van der Waals surface area contributed by atoms with Gasteiger partial charge in [-0.15, -0.1) is 0 Å². The second-order valence-electron chi connectivity index (χ2n) is 22.9. The third kappa shape index (κ3) is 19.9. The van der Waals surface area contributed by atoms with E-state index in [4.69, 9.17) is 49.8 Å². The summed E-state index contributed by atoms with van der Waals surface area (Å²) in [6, 6.07) is 45.3. The molecule has 7 N–H and O–H groups in total. The first-order valence-corrected chi connectivity index (χ1v) is 32.1. The molecule has 0 aromatic heterocycles. The highest BCUT2D eigenvalue weighted by molar-refractivity contribution is 7.44. The molecule has 0 radical (unpaired) electrons. The number of amides is 6. The Labute approximate surface area is 541 Å². The normalized spacial score (nSPS) is 13.2. The van der Waals surface area contributed by atoms with Crippen LogP contribution < -0.4 is 41.8 Å². The fourth-order valence-corrected chi connectivity index (χ4v) is 12.5. The highest BCUT2D eigenvalue weighted by atomic mass is 31.2. The Morgan fingerprint density at radius 1 is 0.641 bits per heavy atom. The standard InChI is InChI=1S/C70H87N8O13P/c1-47(2)64(77-69(83)88-46-62-60-23-15-13-21-58(60)59-22-14-16-24-61(59)62)66(80)76-63(25-17-38-73-67(71)81)65(79)75-54-32-26-50(27-33-54)43-87-68(82)74-39-18-41-86-44-57(91-92(90-42-40-72-7)78(48(3)4)49(5)6)45-89-70(51-19-11-10-12-20-51,52-28-34-55(84-8)35-29-52)53-30-36-56(85-9)37-31-53/h10-16,19-24,26-37,47-49,57,62-64H,17-18,25,38-46H2,1-6,8-9H3,(H,74,82)(H,75,79)(H,76,80)(H,77,83)(H3,71,73,81)/t57?,63-,64-,92?/m0/s1. The molecule has 2 unspecified atom stereocenters. The Morgan fingerprint density at radius 3 is 1.78 bits per heavy atom. The van der Waals surface area contributed by atoms with Crippen molar-refractivity contribution in [2.45, 2.75) is 109 Å². The molecule has 21 nitrogen and oxygen atoms in total. The van der Waals surface area contributed by atoms with Crippen molar-refractivity contribution >= 4 is 44.2 Å². The van der Waals surface area contributed by atoms with Crippen molar-refractivity contribution in [3.8, 4) is 22.6 Å². The van der Waals surface area contributed by atoms with Crippen LogP contribution in [0.5, 0.6) is 11.5 Å². The molecule has 6 amide bonds. The van der Waals surface area contributed by atoms with E-state index in [0.29, 0.717) is 35.6 Å². The Morgan fingerprint density at radius 2 is 1.22 bits per heavy atom. The van der Waals surface area contributed by atoms with Crippen molar-refractivity contribution < 1.29 is 61.4 Å². The zero-order valence-corrected chi connectivity index (χ0v) is 54.6. The van der Waals surface area contributed by atoms with Gasteiger partial charge in [0.2, 0.25) is 18.4 Å². The SMILES string of the molecule is [C-]#[N+]CCOP(OC(COCCCNC(=O)OCc1ccc(NC(=O)[C@H](CCCNC(N)=O)NC(=O)[C@@H](NC(=O)OCC2c3ccccc3-c3ccccc32)C(C)C)cc1)COC(c1ccccc1)(c1ccc(OC)cc1)c1ccc(OC)cc1)N(C(C)C)C(C)C. The molecule has 0 spiro atoms. The Hall–Kier alpha value is -8.61. The van der Waals surface area contributed by atoms with Crippen molar-refractivity contribution in [3.05, 3.63) is 196 Å². The lowest BCUT2D eigenvalue weighted by Gasteiger charge is -2.39. The summed E-state index contributed by atoms with van der Waals surface area (Å²) in [6.45, 7) is 20.4. The lowest BCUT2D eigenvalue weighted by molar-refractivity contribution is -0.128. The number of carbonyl (C=O) groups is 5. The van der Waals surface area contributed by atoms with Crippen LogP contribution >= 0.6 is 8.53 Å². The molecule has 4 atom stereocenters. The average molecular weight is 1280 g/mol. The second kappa shape index (κ2) is 35.8. The maximum absolute atomic E-state index is 13.9. The molecule has 92 heavy (non-hydrogen) atoms. The highest BCUT2D eigenvalue weighted by Crippen LogP contribution is 2.49. The fourth-order valence-electron chi connectivity index (χ4n) is 10.9. The molecule has 0 aliphatic heterocycles. The lowest BCUT2D eigenvalue weighted by atomic mass is 9.80. The lowest BCUT2D eigenvalue weighted by Crippen LogP contribution is -2.54. The number of anilines is 1. The first kappa shape index (κ1) is 70.8. The number of nitrogens with one attached hydrogen (secondary N) is 5. The number of methoxy groups -OCH3 is 2. The molecule has 0 bridgehead atoms. The summed E-state index contributed by atoms with van der Waals surface area (Å²) in [4.78, 5) is 69.1. The Kier molecular flexibility index (Phi) is 27.6. The maximum atomic E-state index is 13.9. The molecular weight excluding hydrogens is 1190 g/mol. The Balaban J connectivity index is 0.934. The summed E-state index contributed by atoms with van der Waals surface area (Å²) in [5, 5.41) is 13.6. The summed E-state index contributed by atoms with van der Waals surface area (Å²) in [6.07, 6.45) is -1.26. The number of hydrogen-bond donors (Lipinski definition) is 6. The molecule has 0 saturated heterocycles. The summed E-state index contributed by atoms with van der Waals surface area (Å²) in [7, 11) is 1.54. The van der Waals surface area contributed by atoms with Gasteiger partial charge in [-0.2, -0.15) is 0 Å². The maximum Gasteiger partial charge on any atom is 0.407 e. The summed E-state index contributed by atoms with van der Waals surface area (Å²) < 4.78 is 51.5. The van der Waals surface area contributed by atoms with Crippen LogP contribution in [0, 0.1) is 12.5 Å². The summed E-state index contributed by atoms with van der Waals surface area (Å²) >= 11 is 0. The molecule has 0 fully saturated rings. The van der Waals surface area contributed by atoms with Crippen LogP contribution in [0.1, 0.15) is 100 Å². The predicted molar refractivity (Wildman–Crippen MR) is 354 cm³/mol. The van der Waals surface area contributed by atoms with Gasteiger partial charge >= 0.3 is 18.2 Å². The van der Waals surface area contributed by atoms with Crippen LogP contribution in [0.25, 0.3) is 16.0 Å². The number of alkyl carbamates (subject to hydrolysis) is 2. The van der Waals surface area contributed by atoms with E-state index in [0.717, 1.165) is 38.9 Å².